The van der Waals surface area contributed by atoms with Gasteiger partial charge in [0.1, 0.15) is 6.10 Å². The number of aliphatic hydroxyl groups is 2. The lowest BCUT2D eigenvalue weighted by atomic mass is 9.98. The number of hydrogen-bond donors (Lipinski definition) is 3. The summed E-state index contributed by atoms with van der Waals surface area (Å²) in [6.45, 7) is 3.63. The number of aliphatic hydroxyl groups excluding tert-OH is 1. The fourth-order valence-corrected chi connectivity index (χ4v) is 2.29. The number of rotatable bonds is 7. The molecule has 1 aromatic heterocycles. The van der Waals surface area contributed by atoms with Crippen LogP contribution in [-0.4, -0.2) is 33.3 Å². The number of carbonyl (C=O) groups is 1. The number of nitrogens with zero attached hydrogens (tertiary/aromatic N) is 1. The maximum atomic E-state index is 12.2. The fourth-order valence-electron chi connectivity index (χ4n) is 2.29. The molecule has 0 saturated heterocycles. The number of carbonyl (C=O) groups excluding carboxylic acids is 1. The predicted molar refractivity (Wildman–Crippen MR) is 92.6 cm³/mol. The third-order valence-corrected chi connectivity index (χ3v) is 3.70. The third kappa shape index (κ3) is 5.76. The number of aromatic nitrogens is 1. The summed E-state index contributed by atoms with van der Waals surface area (Å²) in [6.07, 6.45) is 2.08. The van der Waals surface area contributed by atoms with Gasteiger partial charge in [-0.05, 0) is 56.5 Å². The van der Waals surface area contributed by atoms with E-state index < -0.39 is 11.7 Å². The molecule has 0 aliphatic rings. The van der Waals surface area contributed by atoms with E-state index >= 15 is 0 Å². The Morgan fingerprint density at radius 3 is 2.71 bits per heavy atom. The molecule has 128 valence electrons. The van der Waals surface area contributed by atoms with Crippen molar-refractivity contribution in [1.82, 2.24) is 10.3 Å². The van der Waals surface area contributed by atoms with Gasteiger partial charge in [-0.1, -0.05) is 18.2 Å². The largest absolute Gasteiger partial charge is 0.390 e. The van der Waals surface area contributed by atoms with E-state index in [1.807, 2.05) is 18.2 Å². The number of pyridine rings is 1. The van der Waals surface area contributed by atoms with E-state index in [-0.39, 0.29) is 12.5 Å². The van der Waals surface area contributed by atoms with Crippen LogP contribution in [0.5, 0.6) is 0 Å². The van der Waals surface area contributed by atoms with Crippen molar-refractivity contribution in [3.8, 4) is 0 Å². The second-order valence-electron chi connectivity index (χ2n) is 6.49. The first-order valence-electron chi connectivity index (χ1n) is 8.04. The molecule has 0 spiro atoms. The molecule has 1 heterocycles. The Hall–Kier alpha value is -2.24. The number of benzene rings is 1. The first-order valence-corrected chi connectivity index (χ1v) is 8.04. The van der Waals surface area contributed by atoms with Crippen LogP contribution in [0.2, 0.25) is 0 Å². The zero-order valence-corrected chi connectivity index (χ0v) is 14.1. The molecule has 0 aliphatic carbocycles. The lowest BCUT2D eigenvalue weighted by Gasteiger charge is -2.17. The molecule has 5 nitrogen and oxygen atoms in total. The summed E-state index contributed by atoms with van der Waals surface area (Å²) in [6, 6.07) is 12.6. The molecule has 0 aliphatic heterocycles. The van der Waals surface area contributed by atoms with E-state index in [1.165, 1.54) is 0 Å². The molecule has 5 heteroatoms. The van der Waals surface area contributed by atoms with E-state index in [1.54, 1.807) is 44.3 Å². The molecule has 1 amide bonds. The van der Waals surface area contributed by atoms with Gasteiger partial charge in [0, 0.05) is 18.3 Å². The molecule has 1 atom stereocenters. The highest BCUT2D eigenvalue weighted by Crippen LogP contribution is 2.14. The van der Waals surface area contributed by atoms with E-state index in [0.29, 0.717) is 24.1 Å². The third-order valence-electron chi connectivity index (χ3n) is 3.70. The summed E-state index contributed by atoms with van der Waals surface area (Å²) in [5.41, 5.74) is 1.33. The van der Waals surface area contributed by atoms with Crippen LogP contribution in [-0.2, 0) is 6.42 Å². The van der Waals surface area contributed by atoms with Gasteiger partial charge < -0.3 is 15.5 Å². The average molecular weight is 328 g/mol. The van der Waals surface area contributed by atoms with E-state index in [0.717, 1.165) is 5.56 Å². The van der Waals surface area contributed by atoms with Crippen LogP contribution < -0.4 is 5.32 Å². The highest BCUT2D eigenvalue weighted by Gasteiger charge is 2.14. The minimum absolute atomic E-state index is 0.101. The summed E-state index contributed by atoms with van der Waals surface area (Å²) in [4.78, 5) is 16.3. The SMILES string of the molecule is CC(C)(O)CCc1cccc(C(=O)NC[C@H](O)c2ccccn2)c1. The molecule has 3 N–H and O–H groups in total. The van der Waals surface area contributed by atoms with Crippen LogP contribution in [0.25, 0.3) is 0 Å². The maximum Gasteiger partial charge on any atom is 0.251 e. The number of amides is 1. The van der Waals surface area contributed by atoms with Gasteiger partial charge in [0.05, 0.1) is 11.3 Å². The zero-order valence-electron chi connectivity index (χ0n) is 14.1. The predicted octanol–water partition coefficient (Wildman–Crippen LogP) is 2.25. The quantitative estimate of drug-likeness (QED) is 0.728. The Bertz CT molecular complexity index is 666. The van der Waals surface area contributed by atoms with Gasteiger partial charge in [-0.2, -0.15) is 0 Å². The summed E-state index contributed by atoms with van der Waals surface area (Å²) < 4.78 is 0. The number of hydrogen-bond acceptors (Lipinski definition) is 4. The normalized spacial score (nSPS) is 12.7. The minimum atomic E-state index is -0.839. The molecule has 0 saturated carbocycles. The fraction of sp³-hybridized carbons (Fsp3) is 0.368. The van der Waals surface area contributed by atoms with Gasteiger partial charge >= 0.3 is 0 Å². The van der Waals surface area contributed by atoms with Crippen molar-refractivity contribution in [1.29, 1.82) is 0 Å². The van der Waals surface area contributed by atoms with Crippen LogP contribution in [0.1, 0.15) is 48.0 Å². The van der Waals surface area contributed by atoms with Crippen LogP contribution in [0.3, 0.4) is 0 Å². The van der Waals surface area contributed by atoms with E-state index in [2.05, 4.69) is 10.3 Å². The Balaban J connectivity index is 1.92. The topological polar surface area (TPSA) is 82.5 Å². The molecular formula is C19H24N2O3. The molecule has 0 unspecified atom stereocenters. The Labute approximate surface area is 142 Å². The molecule has 0 radical (unpaired) electrons. The van der Waals surface area contributed by atoms with Crippen LogP contribution >= 0.6 is 0 Å². The second kappa shape index (κ2) is 8.04. The Morgan fingerprint density at radius 1 is 1.25 bits per heavy atom. The van der Waals surface area contributed by atoms with Crippen molar-refractivity contribution in [3.63, 3.8) is 0 Å². The molecule has 0 bridgehead atoms. The molecule has 0 fully saturated rings. The second-order valence-corrected chi connectivity index (χ2v) is 6.49. The summed E-state index contributed by atoms with van der Waals surface area (Å²) >= 11 is 0. The van der Waals surface area contributed by atoms with Crippen molar-refractivity contribution in [2.45, 2.75) is 38.4 Å². The summed E-state index contributed by atoms with van der Waals surface area (Å²) in [5, 5.41) is 22.6. The standard InChI is InChI=1S/C19H24N2O3/c1-19(2,24)10-9-14-6-5-7-15(12-14)18(23)21-13-17(22)16-8-3-4-11-20-16/h3-8,11-12,17,22,24H,9-10,13H2,1-2H3,(H,21,23)/t17-/m0/s1. The zero-order chi connectivity index (χ0) is 17.6. The number of nitrogens with one attached hydrogen (secondary N) is 1. The highest BCUT2D eigenvalue weighted by molar-refractivity contribution is 5.94. The molecular weight excluding hydrogens is 304 g/mol. The molecule has 2 rings (SSSR count). The molecule has 2 aromatic rings. The van der Waals surface area contributed by atoms with Crippen molar-refractivity contribution >= 4 is 5.91 Å². The van der Waals surface area contributed by atoms with Crippen molar-refractivity contribution < 1.29 is 15.0 Å². The van der Waals surface area contributed by atoms with E-state index in [9.17, 15) is 15.0 Å². The van der Waals surface area contributed by atoms with Gasteiger partial charge in [-0.15, -0.1) is 0 Å². The van der Waals surface area contributed by atoms with Gasteiger partial charge in [0.25, 0.3) is 5.91 Å². The van der Waals surface area contributed by atoms with Crippen LogP contribution in [0.4, 0.5) is 0 Å². The van der Waals surface area contributed by atoms with Crippen molar-refractivity contribution in [2.24, 2.45) is 0 Å². The van der Waals surface area contributed by atoms with Gasteiger partial charge in [-0.3, -0.25) is 9.78 Å². The van der Waals surface area contributed by atoms with Crippen LogP contribution in [0.15, 0.2) is 48.7 Å². The number of aryl methyl sites for hydroxylation is 1. The van der Waals surface area contributed by atoms with Crippen molar-refractivity contribution in [3.05, 3.63) is 65.5 Å². The van der Waals surface area contributed by atoms with Gasteiger partial charge in [-0.25, -0.2) is 0 Å². The maximum absolute atomic E-state index is 12.2. The molecule has 24 heavy (non-hydrogen) atoms. The first-order chi connectivity index (χ1) is 11.3. The van der Waals surface area contributed by atoms with Crippen LogP contribution in [0, 0.1) is 0 Å². The van der Waals surface area contributed by atoms with E-state index in [4.69, 9.17) is 0 Å². The monoisotopic (exact) mass is 328 g/mol. The van der Waals surface area contributed by atoms with Gasteiger partial charge in [0.15, 0.2) is 0 Å². The molecule has 1 aromatic carbocycles. The van der Waals surface area contributed by atoms with Crippen molar-refractivity contribution in [2.75, 3.05) is 6.54 Å². The summed E-state index contributed by atoms with van der Waals surface area (Å²) in [7, 11) is 0. The highest BCUT2D eigenvalue weighted by atomic mass is 16.3. The average Bonchev–Trinajstić information content (AvgIpc) is 2.58. The van der Waals surface area contributed by atoms with Gasteiger partial charge in [0.2, 0.25) is 0 Å². The summed E-state index contributed by atoms with van der Waals surface area (Å²) in [5.74, 6) is -0.241. The minimum Gasteiger partial charge on any atom is -0.390 e. The lowest BCUT2D eigenvalue weighted by Crippen LogP contribution is -2.28. The smallest absolute Gasteiger partial charge is 0.251 e. The first kappa shape index (κ1) is 18.1. The lowest BCUT2D eigenvalue weighted by molar-refractivity contribution is 0.0714. The Morgan fingerprint density at radius 2 is 2.04 bits per heavy atom. The Kier molecular flexibility index (Phi) is 6.06.